The number of sulfonamides is 1. The number of hydrogen-bond donors (Lipinski definition) is 1. The van der Waals surface area contributed by atoms with E-state index in [4.69, 9.17) is 27.9 Å². The molecule has 1 N–H and O–H groups in total. The maximum Gasteiger partial charge on any atom is 0.327 e. The molecule has 0 aliphatic rings. The van der Waals surface area contributed by atoms with Gasteiger partial charge in [-0.3, -0.25) is 18.7 Å². The molecule has 0 saturated carbocycles. The Balaban J connectivity index is 1.67. The van der Waals surface area contributed by atoms with Crippen molar-refractivity contribution in [3.8, 4) is 0 Å². The molecule has 0 saturated heterocycles. The van der Waals surface area contributed by atoms with Crippen LogP contribution in [0.4, 0.5) is 5.69 Å². The van der Waals surface area contributed by atoms with Crippen LogP contribution in [-0.2, 0) is 26.1 Å². The minimum absolute atomic E-state index is 0.114. The fraction of sp³-hybridized carbons (Fsp3) is 0.242. The molecule has 0 spiro atoms. The summed E-state index contributed by atoms with van der Waals surface area (Å²) in [5, 5.41) is 4.24. The summed E-state index contributed by atoms with van der Waals surface area (Å²) in [7, 11) is -1.01. The van der Waals surface area contributed by atoms with Crippen molar-refractivity contribution in [2.45, 2.75) is 37.8 Å². The highest BCUT2D eigenvalue weighted by Gasteiger charge is 2.30. The van der Waals surface area contributed by atoms with Crippen LogP contribution in [0, 0.1) is 0 Å². The second-order valence-electron chi connectivity index (χ2n) is 11.5. The van der Waals surface area contributed by atoms with E-state index in [2.05, 4.69) is 5.32 Å². The first-order chi connectivity index (χ1) is 21.0. The molecule has 0 aliphatic carbocycles. The molecule has 0 unspecified atom stereocenters. The van der Waals surface area contributed by atoms with Crippen molar-refractivity contribution in [2.75, 3.05) is 24.9 Å². The lowest BCUT2D eigenvalue weighted by atomic mass is 10.0. The van der Waals surface area contributed by atoms with Gasteiger partial charge in [-0.05, 0) is 85.6 Å². The molecule has 4 aromatic carbocycles. The molecule has 4 aromatic rings. The molecule has 0 radical (unpaired) electrons. The molecule has 236 valence electrons. The Bertz CT molecular complexity index is 1870. The van der Waals surface area contributed by atoms with Crippen molar-refractivity contribution in [1.82, 2.24) is 10.2 Å². The van der Waals surface area contributed by atoms with E-state index < -0.39 is 28.1 Å². The standard InChI is InChI=1S/C33H33Cl2N3O6S/c1-33(2,3)44-30(39)20-38(45(42,43)27-17-24(34)16-25(35)18-27)26-12-13-28-22(15-26)9-7-11-29(28)31(40)36-19-21-8-6-10-23(14-21)32(41)37(4)5/h6-18H,19-20H2,1-5H3,(H,36,40). The minimum atomic E-state index is -4.34. The molecule has 12 heteroatoms. The van der Waals surface area contributed by atoms with E-state index in [0.29, 0.717) is 21.9 Å². The SMILES string of the molecule is CN(C)C(=O)c1cccc(CNC(=O)c2cccc3cc(N(CC(=O)OC(C)(C)C)S(=O)(=O)c4cc(Cl)cc(Cl)c4)ccc23)c1. The van der Waals surface area contributed by atoms with E-state index in [-0.39, 0.29) is 39.0 Å². The summed E-state index contributed by atoms with van der Waals surface area (Å²) in [6, 6.07) is 20.7. The van der Waals surface area contributed by atoms with Gasteiger partial charge in [0.2, 0.25) is 0 Å². The average Bonchev–Trinajstić information content (AvgIpc) is 2.96. The van der Waals surface area contributed by atoms with Gasteiger partial charge in [-0.15, -0.1) is 0 Å². The summed E-state index contributed by atoms with van der Waals surface area (Å²) < 4.78 is 34.1. The lowest BCUT2D eigenvalue weighted by molar-refractivity contribution is -0.152. The number of esters is 1. The molecular weight excluding hydrogens is 637 g/mol. The number of rotatable bonds is 9. The van der Waals surface area contributed by atoms with Crippen LogP contribution in [0.5, 0.6) is 0 Å². The quantitative estimate of drug-likeness (QED) is 0.209. The second kappa shape index (κ2) is 13.5. The Kier molecular flexibility index (Phi) is 10.1. The molecule has 0 heterocycles. The number of hydrogen-bond acceptors (Lipinski definition) is 6. The first kappa shape index (κ1) is 33.8. The molecular formula is C33H33Cl2N3O6S. The van der Waals surface area contributed by atoms with Crippen LogP contribution in [0.25, 0.3) is 10.8 Å². The number of carbonyl (C=O) groups excluding carboxylic acids is 3. The van der Waals surface area contributed by atoms with E-state index in [9.17, 15) is 22.8 Å². The first-order valence-electron chi connectivity index (χ1n) is 13.9. The highest BCUT2D eigenvalue weighted by atomic mass is 35.5. The fourth-order valence-electron chi connectivity index (χ4n) is 4.59. The molecule has 9 nitrogen and oxygen atoms in total. The summed E-state index contributed by atoms with van der Waals surface area (Å²) in [6.45, 7) is 4.62. The van der Waals surface area contributed by atoms with Crippen LogP contribution >= 0.6 is 23.2 Å². The summed E-state index contributed by atoms with van der Waals surface area (Å²) in [5.74, 6) is -1.26. The van der Waals surface area contributed by atoms with E-state index in [0.717, 1.165) is 9.87 Å². The number of ether oxygens (including phenoxy) is 1. The van der Waals surface area contributed by atoms with Gasteiger partial charge in [0.25, 0.3) is 21.8 Å². The van der Waals surface area contributed by atoms with E-state index in [1.54, 1.807) is 83.4 Å². The second-order valence-corrected chi connectivity index (χ2v) is 14.2. The van der Waals surface area contributed by atoms with Gasteiger partial charge in [0.15, 0.2) is 0 Å². The Hall–Kier alpha value is -4.12. The first-order valence-corrected chi connectivity index (χ1v) is 16.1. The predicted molar refractivity (Wildman–Crippen MR) is 176 cm³/mol. The van der Waals surface area contributed by atoms with Gasteiger partial charge >= 0.3 is 5.97 Å². The number of benzene rings is 4. The van der Waals surface area contributed by atoms with Gasteiger partial charge in [0.1, 0.15) is 12.1 Å². The zero-order valence-corrected chi connectivity index (χ0v) is 27.8. The normalized spacial score (nSPS) is 11.6. The number of fused-ring (bicyclic) bond motifs is 1. The van der Waals surface area contributed by atoms with Gasteiger partial charge in [-0.25, -0.2) is 8.42 Å². The summed E-state index contributed by atoms with van der Waals surface area (Å²) in [5.41, 5.74) is 0.950. The number of nitrogens with one attached hydrogen (secondary N) is 1. The number of halogens is 2. The van der Waals surface area contributed by atoms with Gasteiger partial charge in [0.05, 0.1) is 10.6 Å². The number of carbonyl (C=O) groups is 3. The lowest BCUT2D eigenvalue weighted by Gasteiger charge is -2.27. The largest absolute Gasteiger partial charge is 0.459 e. The molecule has 0 aromatic heterocycles. The van der Waals surface area contributed by atoms with E-state index >= 15 is 0 Å². The maximum atomic E-state index is 13.9. The van der Waals surface area contributed by atoms with Crippen LogP contribution < -0.4 is 9.62 Å². The molecule has 4 rings (SSSR count). The smallest absolute Gasteiger partial charge is 0.327 e. The van der Waals surface area contributed by atoms with Gasteiger partial charge in [0, 0.05) is 41.8 Å². The highest BCUT2D eigenvalue weighted by molar-refractivity contribution is 7.92. The summed E-state index contributed by atoms with van der Waals surface area (Å²) >= 11 is 12.2. The van der Waals surface area contributed by atoms with Gasteiger partial charge in [-0.2, -0.15) is 0 Å². The molecule has 45 heavy (non-hydrogen) atoms. The van der Waals surface area contributed by atoms with Crippen LogP contribution in [-0.4, -0.2) is 57.3 Å². The molecule has 0 atom stereocenters. The monoisotopic (exact) mass is 669 g/mol. The number of amides is 2. The van der Waals surface area contributed by atoms with E-state index in [1.165, 1.54) is 29.2 Å². The third-order valence-electron chi connectivity index (χ3n) is 6.55. The van der Waals surface area contributed by atoms with Crippen LogP contribution in [0.3, 0.4) is 0 Å². The Morgan fingerprint density at radius 3 is 2.18 bits per heavy atom. The Labute approximate surface area is 272 Å². The van der Waals surface area contributed by atoms with Gasteiger partial charge in [-0.1, -0.05) is 53.5 Å². The maximum absolute atomic E-state index is 13.9. The summed E-state index contributed by atoms with van der Waals surface area (Å²) in [6.07, 6.45) is 0. The van der Waals surface area contributed by atoms with Crippen LogP contribution in [0.15, 0.2) is 83.8 Å². The third kappa shape index (κ3) is 8.33. The highest BCUT2D eigenvalue weighted by Crippen LogP contribution is 2.31. The van der Waals surface area contributed by atoms with Crippen molar-refractivity contribution in [2.24, 2.45) is 0 Å². The van der Waals surface area contributed by atoms with Crippen LogP contribution in [0.2, 0.25) is 10.0 Å². The molecule has 2 amide bonds. The fourth-order valence-corrected chi connectivity index (χ4v) is 6.71. The van der Waals surface area contributed by atoms with Crippen molar-refractivity contribution < 1.29 is 27.5 Å². The number of nitrogens with zero attached hydrogens (tertiary/aromatic N) is 2. The van der Waals surface area contributed by atoms with Crippen molar-refractivity contribution in [3.05, 3.63) is 106 Å². The number of anilines is 1. The van der Waals surface area contributed by atoms with Crippen molar-refractivity contribution in [1.29, 1.82) is 0 Å². The average molecular weight is 671 g/mol. The van der Waals surface area contributed by atoms with E-state index in [1.807, 2.05) is 6.07 Å². The Morgan fingerprint density at radius 2 is 1.53 bits per heavy atom. The zero-order chi connectivity index (χ0) is 33.1. The third-order valence-corrected chi connectivity index (χ3v) is 8.73. The summed E-state index contributed by atoms with van der Waals surface area (Å²) in [4.78, 5) is 39.8. The van der Waals surface area contributed by atoms with Crippen molar-refractivity contribution in [3.63, 3.8) is 0 Å². The zero-order valence-electron chi connectivity index (χ0n) is 25.4. The topological polar surface area (TPSA) is 113 Å². The molecule has 0 bridgehead atoms. The van der Waals surface area contributed by atoms with Crippen molar-refractivity contribution >= 4 is 67.5 Å². The Morgan fingerprint density at radius 1 is 0.867 bits per heavy atom. The lowest BCUT2D eigenvalue weighted by Crippen LogP contribution is -2.39. The van der Waals surface area contributed by atoms with Gasteiger partial charge < -0.3 is 15.0 Å². The predicted octanol–water partition coefficient (Wildman–Crippen LogP) is 6.32. The minimum Gasteiger partial charge on any atom is -0.459 e. The molecule has 0 fully saturated rings. The van der Waals surface area contributed by atoms with Crippen LogP contribution in [0.1, 0.15) is 47.1 Å². The molecule has 0 aliphatic heterocycles.